The molecule has 1 aromatic heterocycles. The van der Waals surface area contributed by atoms with Crippen molar-refractivity contribution in [2.45, 2.75) is 13.5 Å². The zero-order valence-corrected chi connectivity index (χ0v) is 9.33. The molecule has 0 bridgehead atoms. The van der Waals surface area contributed by atoms with Crippen molar-refractivity contribution in [3.63, 3.8) is 0 Å². The summed E-state index contributed by atoms with van der Waals surface area (Å²) >= 11 is 0. The number of aryl methyl sites for hydroxylation is 1. The van der Waals surface area contributed by atoms with Gasteiger partial charge < -0.3 is 5.32 Å². The van der Waals surface area contributed by atoms with Gasteiger partial charge in [-0.3, -0.25) is 9.89 Å². The Balaban J connectivity index is 2.01. The van der Waals surface area contributed by atoms with Crippen LogP contribution < -0.4 is 5.32 Å². The first kappa shape index (κ1) is 11.3. The van der Waals surface area contributed by atoms with Crippen molar-refractivity contribution in [3.05, 3.63) is 53.1 Å². The molecule has 0 spiro atoms. The molecule has 5 heteroatoms. The van der Waals surface area contributed by atoms with Crippen LogP contribution in [0.1, 0.15) is 21.7 Å². The number of carbonyl (C=O) groups is 1. The highest BCUT2D eigenvalue weighted by Crippen LogP contribution is 2.06. The largest absolute Gasteiger partial charge is 0.346 e. The van der Waals surface area contributed by atoms with Gasteiger partial charge in [-0.05, 0) is 25.1 Å². The van der Waals surface area contributed by atoms with E-state index in [9.17, 15) is 9.18 Å². The van der Waals surface area contributed by atoms with Gasteiger partial charge >= 0.3 is 0 Å². The zero-order valence-electron chi connectivity index (χ0n) is 9.33. The fourth-order valence-corrected chi connectivity index (χ4v) is 1.48. The van der Waals surface area contributed by atoms with Gasteiger partial charge in [0.1, 0.15) is 5.82 Å². The van der Waals surface area contributed by atoms with Crippen LogP contribution in [-0.2, 0) is 6.54 Å². The highest BCUT2D eigenvalue weighted by atomic mass is 19.1. The van der Waals surface area contributed by atoms with Crippen LogP contribution in [0, 0.1) is 12.7 Å². The molecule has 17 heavy (non-hydrogen) atoms. The van der Waals surface area contributed by atoms with Gasteiger partial charge in [0, 0.05) is 5.69 Å². The Labute approximate surface area is 97.9 Å². The summed E-state index contributed by atoms with van der Waals surface area (Å²) in [6, 6.07) is 7.69. The maximum absolute atomic E-state index is 13.3. The van der Waals surface area contributed by atoms with E-state index < -0.39 is 11.7 Å². The second-order valence-corrected chi connectivity index (χ2v) is 3.70. The van der Waals surface area contributed by atoms with Crippen LogP contribution in [0.2, 0.25) is 0 Å². The Hall–Kier alpha value is -2.17. The highest BCUT2D eigenvalue weighted by molar-refractivity contribution is 5.94. The molecule has 0 aliphatic carbocycles. The molecule has 0 fully saturated rings. The number of carbonyl (C=O) groups excluding carboxylic acids is 1. The second kappa shape index (κ2) is 4.78. The monoisotopic (exact) mass is 233 g/mol. The molecule has 1 amide bonds. The van der Waals surface area contributed by atoms with E-state index in [2.05, 4.69) is 15.5 Å². The minimum atomic E-state index is -0.525. The maximum Gasteiger partial charge on any atom is 0.254 e. The molecule has 2 N–H and O–H groups in total. The van der Waals surface area contributed by atoms with Crippen molar-refractivity contribution in [2.24, 2.45) is 0 Å². The van der Waals surface area contributed by atoms with E-state index in [1.807, 2.05) is 13.0 Å². The van der Waals surface area contributed by atoms with Gasteiger partial charge in [-0.15, -0.1) is 0 Å². The molecule has 4 nitrogen and oxygen atoms in total. The minimum Gasteiger partial charge on any atom is -0.346 e. The smallest absolute Gasteiger partial charge is 0.254 e. The average molecular weight is 233 g/mol. The van der Waals surface area contributed by atoms with Crippen LogP contribution in [-0.4, -0.2) is 16.1 Å². The minimum absolute atomic E-state index is 0.0414. The van der Waals surface area contributed by atoms with Crippen molar-refractivity contribution < 1.29 is 9.18 Å². The average Bonchev–Trinajstić information content (AvgIpc) is 2.73. The molecular formula is C12H12FN3O. The van der Waals surface area contributed by atoms with Gasteiger partial charge in [0.25, 0.3) is 5.91 Å². The number of benzene rings is 1. The van der Waals surface area contributed by atoms with Crippen LogP contribution in [0.5, 0.6) is 0 Å². The van der Waals surface area contributed by atoms with Crippen molar-refractivity contribution in [1.82, 2.24) is 15.5 Å². The van der Waals surface area contributed by atoms with Crippen LogP contribution >= 0.6 is 0 Å². The summed E-state index contributed by atoms with van der Waals surface area (Å²) in [5.41, 5.74) is 1.67. The first-order valence-corrected chi connectivity index (χ1v) is 5.20. The standard InChI is InChI=1S/C12H12FN3O/c1-8-6-9(16-15-8)7-14-12(17)10-4-2-3-5-11(10)13/h2-6H,7H2,1H3,(H,14,17)(H,15,16). The predicted octanol–water partition coefficient (Wildman–Crippen LogP) is 1.79. The highest BCUT2D eigenvalue weighted by Gasteiger charge is 2.10. The van der Waals surface area contributed by atoms with E-state index in [-0.39, 0.29) is 12.1 Å². The predicted molar refractivity (Wildman–Crippen MR) is 60.9 cm³/mol. The number of aromatic nitrogens is 2. The van der Waals surface area contributed by atoms with Gasteiger partial charge in [0.2, 0.25) is 0 Å². The molecule has 1 heterocycles. The summed E-state index contributed by atoms with van der Waals surface area (Å²) in [6.45, 7) is 2.15. The van der Waals surface area contributed by atoms with Crippen LogP contribution in [0.25, 0.3) is 0 Å². The normalized spacial score (nSPS) is 10.2. The summed E-state index contributed by atoms with van der Waals surface area (Å²) < 4.78 is 13.3. The summed E-state index contributed by atoms with van der Waals surface area (Å²) in [5, 5.41) is 9.35. The maximum atomic E-state index is 13.3. The van der Waals surface area contributed by atoms with E-state index in [4.69, 9.17) is 0 Å². The van der Waals surface area contributed by atoms with Gasteiger partial charge in [-0.1, -0.05) is 12.1 Å². The summed E-state index contributed by atoms with van der Waals surface area (Å²) in [7, 11) is 0. The van der Waals surface area contributed by atoms with Crippen molar-refractivity contribution in [1.29, 1.82) is 0 Å². The summed E-state index contributed by atoms with van der Waals surface area (Å²) in [6.07, 6.45) is 0. The Morgan fingerprint density at radius 2 is 2.24 bits per heavy atom. The summed E-state index contributed by atoms with van der Waals surface area (Å²) in [5.74, 6) is -0.966. The third-order valence-corrected chi connectivity index (χ3v) is 2.31. The Kier molecular flexibility index (Phi) is 3.18. The fraction of sp³-hybridized carbons (Fsp3) is 0.167. The number of aromatic amines is 1. The molecule has 0 aliphatic rings. The van der Waals surface area contributed by atoms with Crippen molar-refractivity contribution in [3.8, 4) is 0 Å². The Bertz CT molecular complexity index is 536. The van der Waals surface area contributed by atoms with Crippen molar-refractivity contribution in [2.75, 3.05) is 0 Å². The third kappa shape index (κ3) is 2.69. The number of nitrogens with zero attached hydrogens (tertiary/aromatic N) is 1. The fourth-order valence-electron chi connectivity index (χ4n) is 1.48. The second-order valence-electron chi connectivity index (χ2n) is 3.70. The molecule has 1 aromatic carbocycles. The van der Waals surface area contributed by atoms with E-state index in [0.717, 1.165) is 5.69 Å². The van der Waals surface area contributed by atoms with E-state index in [1.54, 1.807) is 12.1 Å². The van der Waals surface area contributed by atoms with Crippen LogP contribution in [0.3, 0.4) is 0 Å². The molecule has 0 unspecified atom stereocenters. The van der Waals surface area contributed by atoms with E-state index >= 15 is 0 Å². The Morgan fingerprint density at radius 1 is 1.47 bits per heavy atom. The third-order valence-electron chi connectivity index (χ3n) is 2.31. The number of nitrogens with one attached hydrogen (secondary N) is 2. The molecule has 2 aromatic rings. The first-order chi connectivity index (χ1) is 8.16. The van der Waals surface area contributed by atoms with Gasteiger partial charge in [-0.25, -0.2) is 4.39 Å². The zero-order chi connectivity index (χ0) is 12.3. The number of rotatable bonds is 3. The molecular weight excluding hydrogens is 221 g/mol. The number of hydrogen-bond donors (Lipinski definition) is 2. The lowest BCUT2D eigenvalue weighted by Gasteiger charge is -2.03. The van der Waals surface area contributed by atoms with Gasteiger partial charge in [-0.2, -0.15) is 5.10 Å². The lowest BCUT2D eigenvalue weighted by molar-refractivity contribution is 0.0946. The number of amides is 1. The molecule has 0 saturated heterocycles. The SMILES string of the molecule is Cc1cc(CNC(=O)c2ccccc2F)n[nH]1. The summed E-state index contributed by atoms with van der Waals surface area (Å²) in [4.78, 5) is 11.7. The van der Waals surface area contributed by atoms with Crippen LogP contribution in [0.4, 0.5) is 4.39 Å². The Morgan fingerprint density at radius 3 is 2.88 bits per heavy atom. The van der Waals surface area contributed by atoms with Crippen LogP contribution in [0.15, 0.2) is 30.3 Å². The van der Waals surface area contributed by atoms with E-state index in [0.29, 0.717) is 5.69 Å². The number of hydrogen-bond acceptors (Lipinski definition) is 2. The number of H-pyrrole nitrogens is 1. The molecule has 2 rings (SSSR count). The quantitative estimate of drug-likeness (QED) is 0.849. The first-order valence-electron chi connectivity index (χ1n) is 5.20. The van der Waals surface area contributed by atoms with E-state index in [1.165, 1.54) is 12.1 Å². The van der Waals surface area contributed by atoms with Crippen molar-refractivity contribution >= 4 is 5.91 Å². The van der Waals surface area contributed by atoms with Gasteiger partial charge in [0.15, 0.2) is 0 Å². The topological polar surface area (TPSA) is 57.8 Å². The molecule has 0 radical (unpaired) electrons. The molecule has 0 atom stereocenters. The molecule has 0 saturated carbocycles. The van der Waals surface area contributed by atoms with Gasteiger partial charge in [0.05, 0.1) is 17.8 Å². The molecule has 88 valence electrons. The lowest BCUT2D eigenvalue weighted by Crippen LogP contribution is -2.23. The molecule has 0 aliphatic heterocycles. The lowest BCUT2D eigenvalue weighted by atomic mass is 10.2. The number of halogens is 1.